The summed E-state index contributed by atoms with van der Waals surface area (Å²) in [5.74, 6) is -1.35. The summed E-state index contributed by atoms with van der Waals surface area (Å²) in [5.41, 5.74) is -0.245. The van der Waals surface area contributed by atoms with Crippen molar-refractivity contribution in [1.82, 2.24) is 25.5 Å². The van der Waals surface area contributed by atoms with Gasteiger partial charge in [0.15, 0.2) is 5.82 Å². The van der Waals surface area contributed by atoms with E-state index in [0.29, 0.717) is 37.4 Å². The fourth-order valence-electron chi connectivity index (χ4n) is 3.29. The number of aliphatic hydroxyl groups is 1. The Hall–Kier alpha value is -2.59. The van der Waals surface area contributed by atoms with Crippen LogP contribution in [0.15, 0.2) is 54.6 Å². The number of H-pyrrole nitrogens is 1. The van der Waals surface area contributed by atoms with Crippen molar-refractivity contribution in [3.63, 3.8) is 0 Å². The lowest BCUT2D eigenvalue weighted by Crippen LogP contribution is -2.43. The topological polar surface area (TPSA) is 95.0 Å². The number of aliphatic hydroxyl groups excluding tert-OH is 1. The van der Waals surface area contributed by atoms with Gasteiger partial charge in [0.25, 0.3) is 0 Å². The third-order valence-corrected chi connectivity index (χ3v) is 5.87. The quantitative estimate of drug-likeness (QED) is 0.428. The number of carbonyl (C=O) groups excluding carboxylic acids is 1. The van der Waals surface area contributed by atoms with Gasteiger partial charge in [0.2, 0.25) is 5.91 Å². The van der Waals surface area contributed by atoms with E-state index in [0.717, 1.165) is 11.8 Å². The first-order chi connectivity index (χ1) is 15.0. The standard InChI is InChI=1S/C21H25F2N5O2S/c22-21(23,16-7-2-1-3-8-16)18(29)12-11-17-9-6-10-20(30)28(17)13-4-5-14-31-15-19-24-26-27-25-19/h1-5,7-8,11-12,17-18,29H,6,9-10,13-15H2,(H,24,25,26,27)/b5-4-,12-11+/t17-,18-/m1/s1. The van der Waals surface area contributed by atoms with Gasteiger partial charge in [0.05, 0.1) is 11.8 Å². The van der Waals surface area contributed by atoms with Crippen LogP contribution in [0.1, 0.15) is 30.7 Å². The number of hydrogen-bond donors (Lipinski definition) is 2. The molecule has 2 heterocycles. The van der Waals surface area contributed by atoms with Crippen LogP contribution in [-0.4, -0.2) is 61.0 Å². The number of likely N-dealkylation sites (tertiary alicyclic amines) is 1. The normalized spacial score (nSPS) is 18.9. The number of carbonyl (C=O) groups is 1. The summed E-state index contributed by atoms with van der Waals surface area (Å²) < 4.78 is 29.0. The SMILES string of the molecule is O=C1CCC[C@H](/C=C/[C@@H](O)C(F)(F)c2ccccc2)N1C/C=C\CSCc1nnn[nH]1. The van der Waals surface area contributed by atoms with E-state index in [4.69, 9.17) is 0 Å². The smallest absolute Gasteiger partial charge is 0.302 e. The minimum Gasteiger partial charge on any atom is -0.382 e. The van der Waals surface area contributed by atoms with E-state index < -0.39 is 12.0 Å². The van der Waals surface area contributed by atoms with Gasteiger partial charge in [-0.25, -0.2) is 5.10 Å². The Morgan fingerprint density at radius 3 is 2.87 bits per heavy atom. The predicted octanol–water partition coefficient (Wildman–Crippen LogP) is 3.08. The number of aromatic amines is 1. The summed E-state index contributed by atoms with van der Waals surface area (Å²) in [4.78, 5) is 14.0. The van der Waals surface area contributed by atoms with Crippen LogP contribution in [0, 0.1) is 0 Å². The number of hydrogen-bond acceptors (Lipinski definition) is 6. The largest absolute Gasteiger partial charge is 0.382 e. The molecule has 0 radical (unpaired) electrons. The van der Waals surface area contributed by atoms with Crippen molar-refractivity contribution in [2.24, 2.45) is 0 Å². The number of halogens is 2. The van der Waals surface area contributed by atoms with Gasteiger partial charge in [-0.1, -0.05) is 54.6 Å². The molecule has 1 aliphatic rings. The number of nitrogens with one attached hydrogen (secondary N) is 1. The third kappa shape index (κ3) is 6.44. The second-order valence-corrected chi connectivity index (χ2v) is 8.19. The molecule has 3 rings (SSSR count). The summed E-state index contributed by atoms with van der Waals surface area (Å²) in [6, 6.07) is 6.91. The Balaban J connectivity index is 1.54. The number of aromatic nitrogens is 4. The molecule has 10 heteroatoms. The second kappa shape index (κ2) is 11.1. The molecule has 1 aromatic carbocycles. The van der Waals surface area contributed by atoms with Gasteiger partial charge in [-0.3, -0.25) is 4.79 Å². The van der Waals surface area contributed by atoms with Crippen molar-refractivity contribution >= 4 is 17.7 Å². The Morgan fingerprint density at radius 2 is 2.13 bits per heavy atom. The van der Waals surface area contributed by atoms with Crippen molar-refractivity contribution in [2.75, 3.05) is 12.3 Å². The maximum atomic E-state index is 14.5. The second-order valence-electron chi connectivity index (χ2n) is 7.16. The first kappa shape index (κ1) is 23.1. The van der Waals surface area contributed by atoms with Crippen LogP contribution in [0.2, 0.25) is 0 Å². The van der Waals surface area contributed by atoms with Crippen LogP contribution in [0.5, 0.6) is 0 Å². The molecule has 1 aromatic heterocycles. The van der Waals surface area contributed by atoms with Gasteiger partial charge in [0.1, 0.15) is 6.10 Å². The van der Waals surface area contributed by atoms with Crippen molar-refractivity contribution < 1.29 is 18.7 Å². The minimum absolute atomic E-state index is 0.0183. The fourth-order valence-corrected chi connectivity index (χ4v) is 3.99. The Labute approximate surface area is 183 Å². The van der Waals surface area contributed by atoms with E-state index in [1.54, 1.807) is 22.7 Å². The Kier molecular flexibility index (Phi) is 8.30. The number of nitrogens with zero attached hydrogens (tertiary/aromatic N) is 4. The first-order valence-corrected chi connectivity index (χ1v) is 11.2. The lowest BCUT2D eigenvalue weighted by Gasteiger charge is -2.33. The van der Waals surface area contributed by atoms with E-state index >= 15 is 0 Å². The number of rotatable bonds is 10. The molecule has 7 nitrogen and oxygen atoms in total. The zero-order valence-electron chi connectivity index (χ0n) is 16.9. The van der Waals surface area contributed by atoms with Crippen LogP contribution in [-0.2, 0) is 16.5 Å². The molecule has 1 fully saturated rings. The zero-order valence-corrected chi connectivity index (χ0v) is 17.7. The predicted molar refractivity (Wildman–Crippen MR) is 114 cm³/mol. The molecular weight excluding hydrogens is 424 g/mol. The maximum absolute atomic E-state index is 14.5. The zero-order chi connectivity index (χ0) is 22.1. The molecule has 31 heavy (non-hydrogen) atoms. The lowest BCUT2D eigenvalue weighted by atomic mass is 9.98. The molecule has 1 aliphatic heterocycles. The lowest BCUT2D eigenvalue weighted by molar-refractivity contribution is -0.134. The van der Waals surface area contributed by atoms with Gasteiger partial charge in [-0.05, 0) is 23.3 Å². The Bertz CT molecular complexity index is 877. The van der Waals surface area contributed by atoms with Crippen LogP contribution >= 0.6 is 11.8 Å². The molecular formula is C21H25F2N5O2S. The summed E-state index contributed by atoms with van der Waals surface area (Å²) in [7, 11) is 0. The van der Waals surface area contributed by atoms with E-state index in [2.05, 4.69) is 20.6 Å². The van der Waals surface area contributed by atoms with Gasteiger partial charge >= 0.3 is 5.92 Å². The molecule has 2 N–H and O–H groups in total. The Morgan fingerprint density at radius 1 is 1.32 bits per heavy atom. The molecule has 1 saturated heterocycles. The highest BCUT2D eigenvalue weighted by molar-refractivity contribution is 7.98. The van der Waals surface area contributed by atoms with Crippen molar-refractivity contribution in [2.45, 2.75) is 43.1 Å². The average molecular weight is 450 g/mol. The van der Waals surface area contributed by atoms with E-state index in [1.165, 1.54) is 30.3 Å². The highest BCUT2D eigenvalue weighted by Crippen LogP contribution is 2.32. The molecule has 2 atom stereocenters. The number of piperidine rings is 1. The van der Waals surface area contributed by atoms with Crippen LogP contribution < -0.4 is 0 Å². The van der Waals surface area contributed by atoms with Gasteiger partial charge in [0, 0.05) is 24.3 Å². The van der Waals surface area contributed by atoms with E-state index in [9.17, 15) is 18.7 Å². The number of alkyl halides is 2. The number of tetrazole rings is 1. The van der Waals surface area contributed by atoms with Gasteiger partial charge in [-0.15, -0.1) is 16.9 Å². The molecule has 166 valence electrons. The number of thioether (sulfide) groups is 1. The van der Waals surface area contributed by atoms with Crippen molar-refractivity contribution in [1.29, 1.82) is 0 Å². The van der Waals surface area contributed by atoms with Crippen LogP contribution in [0.3, 0.4) is 0 Å². The number of amides is 1. The minimum atomic E-state index is -3.41. The molecule has 0 aliphatic carbocycles. The molecule has 1 amide bonds. The van der Waals surface area contributed by atoms with Gasteiger partial charge < -0.3 is 10.0 Å². The van der Waals surface area contributed by atoms with Crippen LogP contribution in [0.25, 0.3) is 0 Å². The van der Waals surface area contributed by atoms with E-state index in [1.807, 2.05) is 12.2 Å². The number of benzene rings is 1. The highest BCUT2D eigenvalue weighted by Gasteiger charge is 2.39. The summed E-state index contributed by atoms with van der Waals surface area (Å²) in [5, 5.41) is 23.6. The van der Waals surface area contributed by atoms with Gasteiger partial charge in [-0.2, -0.15) is 8.78 Å². The average Bonchev–Trinajstić information content (AvgIpc) is 3.29. The molecule has 0 spiro atoms. The summed E-state index contributed by atoms with van der Waals surface area (Å²) >= 11 is 1.62. The molecule has 0 saturated carbocycles. The monoisotopic (exact) mass is 449 g/mol. The summed E-state index contributed by atoms with van der Waals surface area (Å²) in [6.45, 7) is 0.392. The fraction of sp³-hybridized carbons (Fsp3) is 0.429. The van der Waals surface area contributed by atoms with E-state index in [-0.39, 0.29) is 17.5 Å². The highest BCUT2D eigenvalue weighted by atomic mass is 32.2. The van der Waals surface area contributed by atoms with Crippen molar-refractivity contribution in [3.8, 4) is 0 Å². The maximum Gasteiger partial charge on any atom is 0.302 e. The summed E-state index contributed by atoms with van der Waals surface area (Å²) in [6.07, 6.45) is 6.32. The molecule has 2 aromatic rings. The van der Waals surface area contributed by atoms with Crippen LogP contribution in [0.4, 0.5) is 8.78 Å². The van der Waals surface area contributed by atoms with Crippen molar-refractivity contribution in [3.05, 3.63) is 66.0 Å². The third-order valence-electron chi connectivity index (χ3n) is 4.97. The first-order valence-electron chi connectivity index (χ1n) is 10.0. The molecule has 0 bridgehead atoms. The molecule has 0 unspecified atom stereocenters.